The Labute approximate surface area is 111 Å². The monoisotopic (exact) mass is 279 g/mol. The number of aromatic nitrogens is 1. The Kier molecular flexibility index (Phi) is 4.62. The first-order valence-corrected chi connectivity index (χ1v) is 5.85. The summed E-state index contributed by atoms with van der Waals surface area (Å²) in [7, 11) is 0. The highest BCUT2D eigenvalue weighted by atomic mass is 35.5. The van der Waals surface area contributed by atoms with Crippen LogP contribution in [0.5, 0.6) is 0 Å². The molecule has 0 bridgehead atoms. The summed E-state index contributed by atoms with van der Waals surface area (Å²) in [6.45, 7) is 1.10. The zero-order valence-electron chi connectivity index (χ0n) is 8.73. The number of nitrogens with one attached hydrogen (secondary N) is 1. The molecule has 1 aromatic rings. The van der Waals surface area contributed by atoms with Crippen molar-refractivity contribution in [1.29, 1.82) is 0 Å². The highest BCUT2D eigenvalue weighted by Gasteiger charge is 2.27. The first-order valence-electron chi connectivity index (χ1n) is 5.03. The van der Waals surface area contributed by atoms with Crippen LogP contribution in [0.15, 0.2) is 6.08 Å². The zero-order chi connectivity index (χ0) is 9.54. The third kappa shape index (κ3) is 2.20. The van der Waals surface area contributed by atoms with Gasteiger partial charge in [0.05, 0.1) is 5.69 Å². The van der Waals surface area contributed by atoms with Gasteiger partial charge >= 0.3 is 0 Å². The molecule has 0 saturated carbocycles. The van der Waals surface area contributed by atoms with E-state index in [-0.39, 0.29) is 24.8 Å². The Morgan fingerprint density at radius 1 is 1.44 bits per heavy atom. The minimum absolute atomic E-state index is 0. The van der Waals surface area contributed by atoms with E-state index in [4.69, 9.17) is 5.73 Å². The van der Waals surface area contributed by atoms with Gasteiger partial charge in [0.2, 0.25) is 0 Å². The largest absolute Gasteiger partial charge is 0.375 e. The van der Waals surface area contributed by atoms with Gasteiger partial charge in [-0.2, -0.15) is 0 Å². The molecule has 3 rings (SSSR count). The first kappa shape index (κ1) is 13.8. The maximum absolute atomic E-state index is 5.74. The van der Waals surface area contributed by atoms with Gasteiger partial charge in [0.15, 0.2) is 5.13 Å². The van der Waals surface area contributed by atoms with Gasteiger partial charge in [-0.3, -0.25) is 0 Å². The molecule has 16 heavy (non-hydrogen) atoms. The lowest BCUT2D eigenvalue weighted by Gasteiger charge is -2.28. The Morgan fingerprint density at radius 2 is 2.25 bits per heavy atom. The fourth-order valence-corrected chi connectivity index (χ4v) is 3.17. The van der Waals surface area contributed by atoms with E-state index in [1.807, 2.05) is 0 Å². The number of rotatable bonds is 0. The Bertz CT molecular complexity index is 403. The number of anilines is 1. The van der Waals surface area contributed by atoms with Crippen LogP contribution >= 0.6 is 36.2 Å². The number of aryl methyl sites for hydroxylation is 1. The lowest BCUT2D eigenvalue weighted by atomic mass is 9.89. The molecule has 1 atom stereocenters. The molecular weight excluding hydrogens is 265 g/mol. The molecule has 0 radical (unpaired) electrons. The summed E-state index contributed by atoms with van der Waals surface area (Å²) < 4.78 is 0. The second-order valence-electron chi connectivity index (χ2n) is 3.82. The number of nitrogens with two attached hydrogens (primary N) is 1. The van der Waals surface area contributed by atoms with Crippen molar-refractivity contribution in [1.82, 2.24) is 10.3 Å². The van der Waals surface area contributed by atoms with Crippen molar-refractivity contribution in [3.8, 4) is 0 Å². The van der Waals surface area contributed by atoms with E-state index < -0.39 is 0 Å². The van der Waals surface area contributed by atoms with Crippen molar-refractivity contribution in [3.05, 3.63) is 16.6 Å². The molecule has 6 heteroatoms. The third-order valence-electron chi connectivity index (χ3n) is 2.92. The lowest BCUT2D eigenvalue weighted by molar-refractivity contribution is 0.545. The van der Waals surface area contributed by atoms with Crippen LogP contribution < -0.4 is 11.1 Å². The van der Waals surface area contributed by atoms with Crippen molar-refractivity contribution < 1.29 is 0 Å². The molecule has 0 amide bonds. The molecule has 1 aliphatic heterocycles. The molecule has 0 fully saturated rings. The Hall–Kier alpha value is -0.290. The van der Waals surface area contributed by atoms with Crippen LogP contribution in [0.2, 0.25) is 0 Å². The Morgan fingerprint density at radius 3 is 3.06 bits per heavy atom. The highest BCUT2D eigenvalue weighted by molar-refractivity contribution is 7.15. The third-order valence-corrected chi connectivity index (χ3v) is 3.87. The number of thiazole rings is 1. The average molecular weight is 280 g/mol. The van der Waals surface area contributed by atoms with Crippen LogP contribution in [-0.4, -0.2) is 17.6 Å². The summed E-state index contributed by atoms with van der Waals surface area (Å²) in [5.74, 6) is 0. The number of nitrogens with zero attached hydrogens (tertiary/aromatic N) is 1. The van der Waals surface area contributed by atoms with Crippen LogP contribution in [-0.2, 0) is 6.42 Å². The molecule has 1 unspecified atom stereocenters. The van der Waals surface area contributed by atoms with Gasteiger partial charge in [0.25, 0.3) is 0 Å². The van der Waals surface area contributed by atoms with Gasteiger partial charge in [0.1, 0.15) is 0 Å². The van der Waals surface area contributed by atoms with Gasteiger partial charge in [-0.25, -0.2) is 4.98 Å². The minimum atomic E-state index is 0. The molecule has 3 nitrogen and oxygen atoms in total. The van der Waals surface area contributed by atoms with Crippen LogP contribution in [0.1, 0.15) is 23.4 Å². The fourth-order valence-electron chi connectivity index (χ4n) is 2.30. The molecule has 3 N–H and O–H groups in total. The number of halogens is 2. The smallest absolute Gasteiger partial charge is 0.180 e. The van der Waals surface area contributed by atoms with Crippen molar-refractivity contribution in [2.75, 3.05) is 12.3 Å². The highest BCUT2D eigenvalue weighted by Crippen LogP contribution is 2.36. The second-order valence-corrected chi connectivity index (χ2v) is 4.93. The van der Waals surface area contributed by atoms with E-state index in [1.54, 1.807) is 11.3 Å². The van der Waals surface area contributed by atoms with Crippen molar-refractivity contribution >= 4 is 46.9 Å². The lowest BCUT2D eigenvalue weighted by Crippen LogP contribution is -2.36. The van der Waals surface area contributed by atoms with Gasteiger partial charge in [-0.1, -0.05) is 6.08 Å². The number of hydrogen-bond donors (Lipinski definition) is 2. The fraction of sp³-hybridized carbons (Fsp3) is 0.500. The molecular formula is C10H15Cl2N3S. The molecule has 2 heterocycles. The van der Waals surface area contributed by atoms with Crippen LogP contribution in [0.3, 0.4) is 0 Å². The van der Waals surface area contributed by atoms with Crippen LogP contribution in [0, 0.1) is 0 Å². The van der Waals surface area contributed by atoms with Gasteiger partial charge < -0.3 is 11.1 Å². The standard InChI is InChI=1S/C10H13N3S.2ClH/c11-10-13-9-6-2-1-5-12-7(6)3-4-8(9)14-10;;/h2,7,12H,1,3-5H2,(H2,11,13);2*1H. The second kappa shape index (κ2) is 5.36. The topological polar surface area (TPSA) is 50.9 Å². The number of nitrogen functional groups attached to an aromatic ring is 1. The maximum Gasteiger partial charge on any atom is 0.180 e. The predicted octanol–water partition coefficient (Wildman–Crippen LogP) is 2.26. The number of hydrogen-bond acceptors (Lipinski definition) is 4. The van der Waals surface area contributed by atoms with Crippen molar-refractivity contribution in [2.24, 2.45) is 0 Å². The van der Waals surface area contributed by atoms with Gasteiger partial charge in [-0.15, -0.1) is 36.2 Å². The summed E-state index contributed by atoms with van der Waals surface area (Å²) in [4.78, 5) is 5.79. The quantitative estimate of drug-likeness (QED) is 0.766. The molecule has 0 aromatic carbocycles. The number of fused-ring (bicyclic) bond motifs is 3. The molecule has 2 aliphatic rings. The Balaban J connectivity index is 0.000000640. The molecule has 1 aliphatic carbocycles. The SMILES string of the molecule is Cl.Cl.Nc1nc2c(s1)CCC1NCCC=C21. The van der Waals surface area contributed by atoms with E-state index >= 15 is 0 Å². The van der Waals surface area contributed by atoms with Gasteiger partial charge in [-0.05, 0) is 31.4 Å². The summed E-state index contributed by atoms with van der Waals surface area (Å²) in [5, 5.41) is 4.24. The van der Waals surface area contributed by atoms with Crippen LogP contribution in [0.4, 0.5) is 5.13 Å². The predicted molar refractivity (Wildman–Crippen MR) is 73.7 cm³/mol. The molecule has 1 aromatic heterocycles. The minimum Gasteiger partial charge on any atom is -0.375 e. The van der Waals surface area contributed by atoms with E-state index in [0.29, 0.717) is 11.2 Å². The van der Waals surface area contributed by atoms with E-state index in [1.165, 1.54) is 16.9 Å². The van der Waals surface area contributed by atoms with E-state index in [2.05, 4.69) is 16.4 Å². The van der Waals surface area contributed by atoms with E-state index in [0.717, 1.165) is 25.1 Å². The average Bonchev–Trinajstić information content (AvgIpc) is 2.59. The normalized spacial score (nSPS) is 22.0. The zero-order valence-corrected chi connectivity index (χ0v) is 11.2. The summed E-state index contributed by atoms with van der Waals surface area (Å²) >= 11 is 1.64. The maximum atomic E-state index is 5.74. The molecule has 0 saturated heterocycles. The summed E-state index contributed by atoms with van der Waals surface area (Å²) in [6, 6.07) is 0.526. The van der Waals surface area contributed by atoms with Gasteiger partial charge in [0, 0.05) is 10.9 Å². The first-order chi connectivity index (χ1) is 6.84. The molecule has 90 valence electrons. The molecule has 0 spiro atoms. The van der Waals surface area contributed by atoms with Crippen molar-refractivity contribution in [3.63, 3.8) is 0 Å². The van der Waals surface area contributed by atoms with Crippen molar-refractivity contribution in [2.45, 2.75) is 25.3 Å². The van der Waals surface area contributed by atoms with Crippen LogP contribution in [0.25, 0.3) is 5.57 Å². The van der Waals surface area contributed by atoms with E-state index in [9.17, 15) is 0 Å². The summed E-state index contributed by atoms with van der Waals surface area (Å²) in [6.07, 6.45) is 5.75. The summed E-state index contributed by atoms with van der Waals surface area (Å²) in [5.41, 5.74) is 8.28.